The Labute approximate surface area is 175 Å². The Morgan fingerprint density at radius 2 is 1.79 bits per heavy atom. The highest BCUT2D eigenvalue weighted by Gasteiger charge is 2.20. The molecule has 2 aromatic carbocycles. The number of amides is 2. The molecule has 28 heavy (non-hydrogen) atoms. The zero-order chi connectivity index (χ0) is 20.1. The van der Waals surface area contributed by atoms with Crippen molar-refractivity contribution in [1.82, 2.24) is 9.47 Å². The fourth-order valence-electron chi connectivity index (χ4n) is 2.98. The lowest BCUT2D eigenvalue weighted by molar-refractivity contribution is 0.192. The summed E-state index contributed by atoms with van der Waals surface area (Å²) >= 11 is 12.3. The summed E-state index contributed by atoms with van der Waals surface area (Å²) in [4.78, 5) is 14.7. The summed E-state index contributed by atoms with van der Waals surface area (Å²) in [6.07, 6.45) is 2.03. The van der Waals surface area contributed by atoms with E-state index in [0.717, 1.165) is 12.2 Å². The van der Waals surface area contributed by atoms with Crippen molar-refractivity contribution in [3.63, 3.8) is 0 Å². The number of hydrogen-bond donors (Lipinski definition) is 1. The Hall–Kier alpha value is -2.43. The Morgan fingerprint density at radius 1 is 1.04 bits per heavy atom. The molecule has 1 N–H and O–H groups in total. The topological polar surface area (TPSA) is 37.3 Å². The van der Waals surface area contributed by atoms with Crippen molar-refractivity contribution >= 4 is 34.9 Å². The lowest BCUT2D eigenvalue weighted by Gasteiger charge is -2.28. The summed E-state index contributed by atoms with van der Waals surface area (Å²) in [6.45, 7) is 5.23. The van der Waals surface area contributed by atoms with Gasteiger partial charge >= 0.3 is 6.03 Å². The molecule has 0 aliphatic rings. The minimum absolute atomic E-state index is 0.0121. The van der Waals surface area contributed by atoms with Crippen LogP contribution in [-0.4, -0.2) is 21.5 Å². The van der Waals surface area contributed by atoms with Crippen LogP contribution >= 0.6 is 23.2 Å². The molecule has 0 aliphatic carbocycles. The zero-order valence-electron chi connectivity index (χ0n) is 15.9. The molecular weight excluding hydrogens is 393 g/mol. The first-order valence-electron chi connectivity index (χ1n) is 9.15. The number of urea groups is 1. The molecule has 6 heteroatoms. The third-order valence-corrected chi connectivity index (χ3v) is 5.35. The van der Waals surface area contributed by atoms with Crippen LogP contribution in [0.5, 0.6) is 0 Å². The van der Waals surface area contributed by atoms with Gasteiger partial charge in [0.2, 0.25) is 0 Å². The van der Waals surface area contributed by atoms with Crippen LogP contribution in [0, 0.1) is 0 Å². The quantitative estimate of drug-likeness (QED) is 0.504. The Balaban J connectivity index is 1.76. The van der Waals surface area contributed by atoms with E-state index in [9.17, 15) is 4.79 Å². The van der Waals surface area contributed by atoms with Gasteiger partial charge in [-0.15, -0.1) is 0 Å². The van der Waals surface area contributed by atoms with Crippen molar-refractivity contribution in [2.24, 2.45) is 0 Å². The van der Waals surface area contributed by atoms with Crippen LogP contribution in [0.2, 0.25) is 10.0 Å². The molecule has 146 valence electrons. The van der Waals surface area contributed by atoms with Crippen LogP contribution in [0.4, 0.5) is 10.5 Å². The summed E-state index contributed by atoms with van der Waals surface area (Å²) in [6, 6.07) is 19.3. The van der Waals surface area contributed by atoms with Crippen LogP contribution in [0.1, 0.15) is 25.1 Å². The van der Waals surface area contributed by atoms with Gasteiger partial charge in [-0.3, -0.25) is 0 Å². The maximum Gasteiger partial charge on any atom is 0.322 e. The molecule has 0 fully saturated rings. The molecule has 0 bridgehead atoms. The number of halogens is 2. The van der Waals surface area contributed by atoms with Gasteiger partial charge in [0, 0.05) is 24.5 Å². The fraction of sp³-hybridized carbons (Fsp3) is 0.227. The van der Waals surface area contributed by atoms with Gasteiger partial charge in [-0.25, -0.2) is 4.79 Å². The van der Waals surface area contributed by atoms with Crippen molar-refractivity contribution in [2.75, 3.05) is 5.32 Å². The third-order valence-electron chi connectivity index (χ3n) is 4.53. The van der Waals surface area contributed by atoms with Crippen molar-refractivity contribution in [3.05, 3.63) is 88.2 Å². The van der Waals surface area contributed by atoms with Gasteiger partial charge in [-0.1, -0.05) is 59.6 Å². The normalized spacial score (nSPS) is 10.9. The molecule has 0 unspecified atom stereocenters. The second-order valence-electron chi connectivity index (χ2n) is 6.87. The summed E-state index contributed by atoms with van der Waals surface area (Å²) < 4.78 is 2.16. The summed E-state index contributed by atoms with van der Waals surface area (Å²) in [5.74, 6) is 0. The minimum Gasteiger partial charge on any atom is -0.345 e. The number of nitrogens with one attached hydrogen (secondary N) is 1. The maximum atomic E-state index is 12.9. The molecular formula is C22H23Cl2N3O. The van der Waals surface area contributed by atoms with E-state index in [2.05, 4.69) is 22.0 Å². The molecule has 0 radical (unpaired) electrons. The number of hydrogen-bond acceptors (Lipinski definition) is 1. The lowest BCUT2D eigenvalue weighted by Crippen LogP contribution is -2.40. The largest absolute Gasteiger partial charge is 0.345 e. The first-order valence-corrected chi connectivity index (χ1v) is 9.91. The number of nitrogens with zero attached hydrogens (tertiary/aromatic N) is 2. The van der Waals surface area contributed by atoms with Gasteiger partial charge < -0.3 is 14.8 Å². The molecule has 1 heterocycles. The molecule has 0 saturated carbocycles. The Kier molecular flexibility index (Phi) is 6.65. The predicted molar refractivity (Wildman–Crippen MR) is 116 cm³/mol. The first-order chi connectivity index (χ1) is 13.5. The molecule has 0 aliphatic heterocycles. The van der Waals surface area contributed by atoms with Crippen LogP contribution in [-0.2, 0) is 13.1 Å². The van der Waals surface area contributed by atoms with Crippen molar-refractivity contribution in [2.45, 2.75) is 33.0 Å². The number of rotatable bonds is 6. The molecule has 2 amide bonds. The van der Waals surface area contributed by atoms with E-state index in [1.54, 1.807) is 23.1 Å². The van der Waals surface area contributed by atoms with Crippen LogP contribution in [0.3, 0.4) is 0 Å². The number of aromatic nitrogens is 1. The third kappa shape index (κ3) is 4.89. The minimum atomic E-state index is -0.216. The van der Waals surface area contributed by atoms with E-state index in [1.165, 1.54) is 5.56 Å². The lowest BCUT2D eigenvalue weighted by atomic mass is 10.2. The van der Waals surface area contributed by atoms with Gasteiger partial charge in [-0.05, 0) is 43.7 Å². The molecule has 1 aromatic heterocycles. The number of carbonyl (C=O) groups is 1. The van der Waals surface area contributed by atoms with Crippen LogP contribution < -0.4 is 5.32 Å². The van der Waals surface area contributed by atoms with Crippen LogP contribution in [0.25, 0.3) is 0 Å². The smallest absolute Gasteiger partial charge is 0.322 e. The van der Waals surface area contributed by atoms with E-state index in [-0.39, 0.29) is 12.1 Å². The van der Waals surface area contributed by atoms with Gasteiger partial charge in [0.05, 0.1) is 22.3 Å². The standard InChI is InChI=1S/C22H23Cl2N3O/c1-16(2)27(22(28)25-20-12-6-11-19(23)21(20)24)15-18-10-7-13-26(18)14-17-8-4-3-5-9-17/h3-13,16H,14-15H2,1-2H3,(H,25,28). The summed E-state index contributed by atoms with van der Waals surface area (Å²) in [5.41, 5.74) is 2.78. The zero-order valence-corrected chi connectivity index (χ0v) is 17.4. The second-order valence-corrected chi connectivity index (χ2v) is 7.65. The summed E-state index contributed by atoms with van der Waals surface area (Å²) in [5, 5.41) is 3.63. The molecule has 3 rings (SSSR count). The van der Waals surface area contributed by atoms with Crippen LogP contribution in [0.15, 0.2) is 66.9 Å². The monoisotopic (exact) mass is 415 g/mol. The summed E-state index contributed by atoms with van der Waals surface area (Å²) in [7, 11) is 0. The van der Waals surface area contributed by atoms with Gasteiger partial charge in [-0.2, -0.15) is 0 Å². The first kappa shape index (κ1) is 20.3. The van der Waals surface area contributed by atoms with Crippen molar-refractivity contribution in [1.29, 1.82) is 0 Å². The van der Waals surface area contributed by atoms with E-state index in [0.29, 0.717) is 22.3 Å². The SMILES string of the molecule is CC(C)N(Cc1cccn1Cc1ccccc1)C(=O)Nc1cccc(Cl)c1Cl. The molecule has 3 aromatic rings. The van der Waals surface area contributed by atoms with E-state index in [4.69, 9.17) is 23.2 Å². The highest BCUT2D eigenvalue weighted by atomic mass is 35.5. The van der Waals surface area contributed by atoms with Gasteiger partial charge in [0.25, 0.3) is 0 Å². The number of benzene rings is 2. The van der Waals surface area contributed by atoms with E-state index < -0.39 is 0 Å². The van der Waals surface area contributed by atoms with E-state index in [1.807, 2.05) is 50.4 Å². The highest BCUT2D eigenvalue weighted by molar-refractivity contribution is 6.43. The molecule has 4 nitrogen and oxygen atoms in total. The predicted octanol–water partition coefficient (Wildman–Crippen LogP) is 6.29. The fourth-order valence-corrected chi connectivity index (χ4v) is 3.33. The average molecular weight is 416 g/mol. The van der Waals surface area contributed by atoms with Gasteiger partial charge in [0.1, 0.15) is 0 Å². The van der Waals surface area contributed by atoms with Gasteiger partial charge in [0.15, 0.2) is 0 Å². The highest BCUT2D eigenvalue weighted by Crippen LogP contribution is 2.30. The number of carbonyl (C=O) groups excluding carboxylic acids is 1. The average Bonchev–Trinajstić information content (AvgIpc) is 3.10. The Bertz CT molecular complexity index is 938. The maximum absolute atomic E-state index is 12.9. The van der Waals surface area contributed by atoms with Crippen molar-refractivity contribution in [3.8, 4) is 0 Å². The second kappa shape index (κ2) is 9.18. The van der Waals surface area contributed by atoms with Crippen molar-refractivity contribution < 1.29 is 4.79 Å². The molecule has 0 atom stereocenters. The molecule has 0 spiro atoms. The molecule has 0 saturated heterocycles. The van der Waals surface area contributed by atoms with E-state index >= 15 is 0 Å². The number of anilines is 1. The Morgan fingerprint density at radius 3 is 2.50 bits per heavy atom.